The van der Waals surface area contributed by atoms with Crippen LogP contribution in [0.1, 0.15) is 35.3 Å². The number of esters is 1. The molecule has 0 saturated carbocycles. The normalized spacial score (nSPS) is 11.7. The number of aryl methyl sites for hydroxylation is 2. The molecule has 0 fully saturated rings. The fourth-order valence-electron chi connectivity index (χ4n) is 2.78. The van der Waals surface area contributed by atoms with Gasteiger partial charge in [0.2, 0.25) is 0 Å². The Morgan fingerprint density at radius 1 is 1.00 bits per heavy atom. The number of halogens is 1. The monoisotopic (exact) mass is 416 g/mol. The van der Waals surface area contributed by atoms with Crippen LogP contribution in [0.15, 0.2) is 42.5 Å². The van der Waals surface area contributed by atoms with E-state index in [4.69, 9.17) is 16.3 Å². The maximum atomic E-state index is 12.5. The third kappa shape index (κ3) is 6.06. The number of carbonyl (C=O) groups excluding carboxylic acids is 3. The summed E-state index contributed by atoms with van der Waals surface area (Å²) in [5, 5.41) is 5.68. The largest absolute Gasteiger partial charge is 0.454 e. The van der Waals surface area contributed by atoms with Gasteiger partial charge in [0.05, 0.1) is 10.6 Å². The molecule has 0 aliphatic rings. The first-order valence-electron chi connectivity index (χ1n) is 9.28. The molecule has 0 bridgehead atoms. The molecule has 7 heteroatoms. The summed E-state index contributed by atoms with van der Waals surface area (Å²) in [6, 6.07) is 11.3. The fourth-order valence-corrected chi connectivity index (χ4v) is 3.00. The van der Waals surface area contributed by atoms with Gasteiger partial charge < -0.3 is 15.4 Å². The van der Waals surface area contributed by atoms with Gasteiger partial charge in [0.1, 0.15) is 6.04 Å². The molecular weight excluding hydrogens is 392 g/mol. The summed E-state index contributed by atoms with van der Waals surface area (Å²) in [6.45, 7) is 6.87. The maximum Gasteiger partial charge on any atom is 0.329 e. The Labute approximate surface area is 175 Å². The summed E-state index contributed by atoms with van der Waals surface area (Å²) in [4.78, 5) is 37.1. The number of nitrogens with one attached hydrogen (secondary N) is 2. The maximum absolute atomic E-state index is 12.5. The Hall–Kier alpha value is -2.86. The second-order valence-corrected chi connectivity index (χ2v) is 7.50. The molecule has 154 valence electrons. The Kier molecular flexibility index (Phi) is 7.79. The standard InChI is InChI=1S/C22H25ClN2O4/c1-13(2)19(25-21(27)16-10-5-6-11-17(16)23)22(28)29-12-18(26)24-20-14(3)8-7-9-15(20)4/h5-11,13,19H,12H2,1-4H3,(H,24,26)(H,25,27)/t19-/m0/s1. The molecule has 0 aliphatic carbocycles. The molecule has 2 N–H and O–H groups in total. The third-order valence-electron chi connectivity index (χ3n) is 4.42. The fraction of sp³-hybridized carbons (Fsp3) is 0.318. The van der Waals surface area contributed by atoms with Crippen molar-refractivity contribution < 1.29 is 19.1 Å². The van der Waals surface area contributed by atoms with Crippen molar-refractivity contribution in [2.75, 3.05) is 11.9 Å². The molecule has 0 saturated heterocycles. The van der Waals surface area contributed by atoms with Crippen LogP contribution >= 0.6 is 11.6 Å². The number of hydrogen-bond acceptors (Lipinski definition) is 4. The van der Waals surface area contributed by atoms with E-state index in [1.165, 1.54) is 0 Å². The van der Waals surface area contributed by atoms with Crippen molar-refractivity contribution in [2.24, 2.45) is 5.92 Å². The van der Waals surface area contributed by atoms with Crippen LogP contribution in [0.3, 0.4) is 0 Å². The topological polar surface area (TPSA) is 84.5 Å². The molecule has 2 rings (SSSR count). The molecule has 6 nitrogen and oxygen atoms in total. The summed E-state index contributed by atoms with van der Waals surface area (Å²) in [7, 11) is 0. The van der Waals surface area contributed by atoms with Crippen LogP contribution in [0.25, 0.3) is 0 Å². The van der Waals surface area contributed by atoms with E-state index in [0.29, 0.717) is 5.69 Å². The summed E-state index contributed by atoms with van der Waals surface area (Å²) in [6.07, 6.45) is 0. The molecule has 29 heavy (non-hydrogen) atoms. The molecule has 0 unspecified atom stereocenters. The van der Waals surface area contributed by atoms with Gasteiger partial charge in [0.15, 0.2) is 6.61 Å². The van der Waals surface area contributed by atoms with E-state index in [1.807, 2.05) is 32.0 Å². The minimum atomic E-state index is -0.910. The van der Waals surface area contributed by atoms with E-state index in [2.05, 4.69) is 10.6 Å². The minimum Gasteiger partial charge on any atom is -0.454 e. The van der Waals surface area contributed by atoms with E-state index in [9.17, 15) is 14.4 Å². The van der Waals surface area contributed by atoms with Gasteiger partial charge in [-0.3, -0.25) is 9.59 Å². The quantitative estimate of drug-likeness (QED) is 0.670. The van der Waals surface area contributed by atoms with E-state index < -0.39 is 30.4 Å². The number of ether oxygens (including phenoxy) is 1. The highest BCUT2D eigenvalue weighted by Crippen LogP contribution is 2.19. The highest BCUT2D eigenvalue weighted by molar-refractivity contribution is 6.33. The van der Waals surface area contributed by atoms with Crippen molar-refractivity contribution in [1.82, 2.24) is 5.32 Å². The molecule has 0 aromatic heterocycles. The van der Waals surface area contributed by atoms with Gasteiger partial charge in [-0.2, -0.15) is 0 Å². The number of para-hydroxylation sites is 1. The molecular formula is C22H25ClN2O4. The zero-order valence-corrected chi connectivity index (χ0v) is 17.7. The van der Waals surface area contributed by atoms with E-state index in [1.54, 1.807) is 38.1 Å². The number of amides is 2. The molecule has 0 aliphatic heterocycles. The zero-order chi connectivity index (χ0) is 21.6. The number of rotatable bonds is 7. The van der Waals surface area contributed by atoms with Gasteiger partial charge in [-0.15, -0.1) is 0 Å². The first-order chi connectivity index (χ1) is 13.7. The van der Waals surface area contributed by atoms with Crippen LogP contribution in [0.5, 0.6) is 0 Å². The van der Waals surface area contributed by atoms with E-state index >= 15 is 0 Å². The van der Waals surface area contributed by atoms with Crippen molar-refractivity contribution >= 4 is 35.1 Å². The van der Waals surface area contributed by atoms with Gasteiger partial charge in [-0.1, -0.05) is 55.8 Å². The average molecular weight is 417 g/mol. The van der Waals surface area contributed by atoms with Crippen LogP contribution in [-0.4, -0.2) is 30.4 Å². The molecule has 0 heterocycles. The van der Waals surface area contributed by atoms with Crippen LogP contribution in [-0.2, 0) is 14.3 Å². The van der Waals surface area contributed by atoms with Crippen molar-refractivity contribution in [2.45, 2.75) is 33.7 Å². The number of benzene rings is 2. The predicted molar refractivity (Wildman–Crippen MR) is 113 cm³/mol. The first kappa shape index (κ1) is 22.4. The molecule has 2 amide bonds. The van der Waals surface area contributed by atoms with Crippen LogP contribution in [0.4, 0.5) is 5.69 Å². The third-order valence-corrected chi connectivity index (χ3v) is 4.75. The number of carbonyl (C=O) groups is 3. The molecule has 0 radical (unpaired) electrons. The lowest BCUT2D eigenvalue weighted by atomic mass is 10.0. The van der Waals surface area contributed by atoms with Gasteiger partial charge in [-0.05, 0) is 43.0 Å². The lowest BCUT2D eigenvalue weighted by Gasteiger charge is -2.21. The van der Waals surface area contributed by atoms with E-state index in [0.717, 1.165) is 11.1 Å². The molecule has 2 aromatic rings. The smallest absolute Gasteiger partial charge is 0.329 e. The van der Waals surface area contributed by atoms with E-state index in [-0.39, 0.29) is 16.5 Å². The van der Waals surface area contributed by atoms with Crippen molar-refractivity contribution in [3.63, 3.8) is 0 Å². The number of hydrogen-bond donors (Lipinski definition) is 2. The van der Waals surface area contributed by atoms with Crippen molar-refractivity contribution in [3.05, 3.63) is 64.2 Å². The lowest BCUT2D eigenvalue weighted by Crippen LogP contribution is -2.46. The molecule has 0 spiro atoms. The van der Waals surface area contributed by atoms with Gasteiger partial charge in [0, 0.05) is 5.69 Å². The molecule has 1 atom stereocenters. The Morgan fingerprint density at radius 2 is 1.62 bits per heavy atom. The van der Waals surface area contributed by atoms with Gasteiger partial charge in [0.25, 0.3) is 11.8 Å². The molecule has 2 aromatic carbocycles. The first-order valence-corrected chi connectivity index (χ1v) is 9.66. The summed E-state index contributed by atoms with van der Waals surface area (Å²) in [5.74, 6) is -1.85. The predicted octanol–water partition coefficient (Wildman–Crippen LogP) is 3.89. The Bertz CT molecular complexity index is 891. The highest BCUT2D eigenvalue weighted by atomic mass is 35.5. The Morgan fingerprint density at radius 3 is 2.21 bits per heavy atom. The highest BCUT2D eigenvalue weighted by Gasteiger charge is 2.27. The SMILES string of the molecule is Cc1cccc(C)c1NC(=O)COC(=O)[C@@H](NC(=O)c1ccccc1Cl)C(C)C. The Balaban J connectivity index is 1.98. The summed E-state index contributed by atoms with van der Waals surface area (Å²) in [5.41, 5.74) is 2.79. The van der Waals surface area contributed by atoms with Crippen molar-refractivity contribution in [3.8, 4) is 0 Å². The van der Waals surface area contributed by atoms with Crippen LogP contribution in [0, 0.1) is 19.8 Å². The van der Waals surface area contributed by atoms with Gasteiger partial charge in [-0.25, -0.2) is 4.79 Å². The van der Waals surface area contributed by atoms with Crippen LogP contribution in [0.2, 0.25) is 5.02 Å². The lowest BCUT2D eigenvalue weighted by molar-refractivity contribution is -0.150. The second kappa shape index (κ2) is 10.1. The van der Waals surface area contributed by atoms with Crippen LogP contribution < -0.4 is 10.6 Å². The summed E-state index contributed by atoms with van der Waals surface area (Å²) >= 11 is 6.04. The average Bonchev–Trinajstić information content (AvgIpc) is 2.67. The zero-order valence-electron chi connectivity index (χ0n) is 16.9. The second-order valence-electron chi connectivity index (χ2n) is 7.10. The van der Waals surface area contributed by atoms with Gasteiger partial charge >= 0.3 is 5.97 Å². The summed E-state index contributed by atoms with van der Waals surface area (Å²) < 4.78 is 5.15. The number of anilines is 1. The van der Waals surface area contributed by atoms with Crippen molar-refractivity contribution in [1.29, 1.82) is 0 Å². The minimum absolute atomic E-state index is 0.240.